The third-order valence-corrected chi connectivity index (χ3v) is 19.6. The summed E-state index contributed by atoms with van der Waals surface area (Å²) in [6, 6.07) is 19.9. The summed E-state index contributed by atoms with van der Waals surface area (Å²) in [5, 5.41) is 43.8. The first kappa shape index (κ1) is 52.3. The van der Waals surface area contributed by atoms with Gasteiger partial charge in [-0.1, -0.05) is 30.3 Å². The van der Waals surface area contributed by atoms with Crippen LogP contribution in [-0.4, -0.2) is 99.6 Å². The first-order chi connectivity index (χ1) is 35.3. The fraction of sp³-hybridized carbons (Fsp3) is 0.396. The van der Waals surface area contributed by atoms with Crippen molar-refractivity contribution in [2.24, 2.45) is 16.8 Å². The zero-order chi connectivity index (χ0) is 51.0. The number of carboxylic acids is 2. The van der Waals surface area contributed by atoms with Gasteiger partial charge in [-0.25, -0.2) is 19.6 Å². The molecule has 5 aromatic heterocycles. The molecule has 1 unspecified atom stereocenters. The number of carbonyl (C=O) groups excluding carboxylic acids is 4. The number of hydrogen-bond acceptors (Lipinski definition) is 16. The number of aliphatic hydroxyl groups excluding tert-OH is 1. The van der Waals surface area contributed by atoms with Gasteiger partial charge in [0.1, 0.15) is 23.9 Å². The van der Waals surface area contributed by atoms with Gasteiger partial charge in [0.25, 0.3) is 11.8 Å². The van der Waals surface area contributed by atoms with Crippen LogP contribution in [0.3, 0.4) is 0 Å². The molecule has 8 heterocycles. The molecule has 3 aliphatic rings. The normalized spacial score (nSPS) is 16.9. The maximum absolute atomic E-state index is 12.8. The van der Waals surface area contributed by atoms with Gasteiger partial charge in [0.15, 0.2) is 16.6 Å². The van der Waals surface area contributed by atoms with E-state index >= 15 is 0 Å². The number of aryl methyl sites for hydroxylation is 2. The molecule has 0 radical (unpaired) electrons. The molecular formula is C53H56N6O9S5. The minimum Gasteiger partial charge on any atom is -0.480 e. The number of ketones is 2. The van der Waals surface area contributed by atoms with Crippen molar-refractivity contribution in [1.29, 1.82) is 0 Å². The zero-order valence-corrected chi connectivity index (χ0v) is 43.9. The predicted octanol–water partition coefficient (Wildman–Crippen LogP) is 9.60. The second-order valence-electron chi connectivity index (χ2n) is 18.7. The lowest BCUT2D eigenvalue weighted by molar-refractivity contribution is -0.141. The molecule has 15 nitrogen and oxygen atoms in total. The molecule has 3 aliphatic heterocycles. The highest BCUT2D eigenvalue weighted by Gasteiger charge is 2.33. The smallest absolute Gasteiger partial charge is 0.326 e. The van der Waals surface area contributed by atoms with E-state index in [9.17, 15) is 44.1 Å². The van der Waals surface area contributed by atoms with E-state index in [0.717, 1.165) is 74.4 Å². The number of aliphatic carboxylic acids is 2. The number of piperidine rings is 2. The van der Waals surface area contributed by atoms with Gasteiger partial charge in [-0.15, -0.1) is 56.7 Å². The molecule has 0 spiro atoms. The first-order valence-electron chi connectivity index (χ1n) is 24.7. The molecule has 7 N–H and O–H groups in total. The number of hydrogen-bond donors (Lipinski definition) is 7. The summed E-state index contributed by atoms with van der Waals surface area (Å²) >= 11 is 7.63. The number of aromatic nitrogens is 1. The Hall–Kier alpha value is -5.58. The molecule has 0 saturated carbocycles. The highest BCUT2D eigenvalue weighted by atomic mass is 32.2. The van der Waals surface area contributed by atoms with Crippen molar-refractivity contribution < 1.29 is 44.1 Å². The topological polar surface area (TPSA) is 236 Å². The summed E-state index contributed by atoms with van der Waals surface area (Å²) in [5.41, 5.74) is 1.53. The lowest BCUT2D eigenvalue weighted by Gasteiger charge is -2.22. The second kappa shape index (κ2) is 24.2. The molecule has 10 rings (SSSR count). The van der Waals surface area contributed by atoms with Crippen molar-refractivity contribution in [3.8, 4) is 0 Å². The quantitative estimate of drug-likeness (QED) is 0.0354. The third-order valence-electron chi connectivity index (χ3n) is 13.6. The number of amides is 2. The molecule has 2 fully saturated rings. The summed E-state index contributed by atoms with van der Waals surface area (Å²) in [6.07, 6.45) is 8.30. The number of carboxylic acid groups (broad SMARTS) is 2. The summed E-state index contributed by atoms with van der Waals surface area (Å²) in [7, 11) is 0. The van der Waals surface area contributed by atoms with E-state index in [1.54, 1.807) is 53.0 Å². The van der Waals surface area contributed by atoms with E-state index in [-0.39, 0.29) is 48.0 Å². The lowest BCUT2D eigenvalue weighted by Crippen LogP contribution is -2.45. The van der Waals surface area contributed by atoms with Crippen LogP contribution < -0.4 is 21.3 Å². The number of Topliss-reactive ketones (excluding diaryl/α,β-unsaturated/α-hetero) is 2. The number of benzene rings is 2. The molecule has 0 bridgehead atoms. The molecule has 20 heteroatoms. The van der Waals surface area contributed by atoms with E-state index < -0.39 is 41.9 Å². The van der Waals surface area contributed by atoms with Crippen molar-refractivity contribution in [2.75, 3.05) is 26.2 Å². The maximum atomic E-state index is 12.8. The minimum atomic E-state index is -1.27. The number of rotatable bonds is 20. The van der Waals surface area contributed by atoms with Crippen LogP contribution in [0, 0.1) is 11.8 Å². The zero-order valence-electron chi connectivity index (χ0n) is 39.9. The number of fused-ring (bicyclic) bond motifs is 4. The average molecular weight is 1080 g/mol. The third kappa shape index (κ3) is 13.2. The predicted molar refractivity (Wildman–Crippen MR) is 291 cm³/mol. The Kier molecular flexibility index (Phi) is 17.3. The number of para-hydroxylation sites is 2. The number of thiazole rings is 1. The van der Waals surface area contributed by atoms with Gasteiger partial charge in [0.2, 0.25) is 0 Å². The molecule has 7 aromatic rings. The van der Waals surface area contributed by atoms with Gasteiger partial charge >= 0.3 is 11.9 Å². The molecule has 2 aromatic carbocycles. The van der Waals surface area contributed by atoms with Crippen molar-refractivity contribution >= 4 is 132 Å². The van der Waals surface area contributed by atoms with Crippen molar-refractivity contribution in [3.05, 3.63) is 103 Å². The fourth-order valence-electron chi connectivity index (χ4n) is 9.40. The molecule has 2 saturated heterocycles. The number of carbonyl (C=O) groups is 6. The van der Waals surface area contributed by atoms with Crippen molar-refractivity contribution in [1.82, 2.24) is 26.3 Å². The van der Waals surface area contributed by atoms with Gasteiger partial charge in [-0.05, 0) is 145 Å². The Morgan fingerprint density at radius 3 is 1.64 bits per heavy atom. The van der Waals surface area contributed by atoms with E-state index in [4.69, 9.17) is 0 Å². The van der Waals surface area contributed by atoms with Crippen LogP contribution in [-0.2, 0) is 27.2 Å². The van der Waals surface area contributed by atoms with E-state index in [1.165, 1.54) is 82.3 Å². The number of aliphatic hydroxyl groups is 1. The monoisotopic (exact) mass is 1080 g/mol. The Bertz CT molecular complexity index is 3080. The van der Waals surface area contributed by atoms with Gasteiger partial charge in [-0.2, -0.15) is 0 Å². The van der Waals surface area contributed by atoms with Crippen LogP contribution >= 0.6 is 56.7 Å². The Balaban J connectivity index is 0.000000180. The lowest BCUT2D eigenvalue weighted by atomic mass is 9.93. The van der Waals surface area contributed by atoms with Crippen LogP contribution in [0.5, 0.6) is 0 Å². The first-order valence-corrected chi connectivity index (χ1v) is 28.7. The molecular weight excluding hydrogens is 1020 g/mol. The summed E-state index contributed by atoms with van der Waals surface area (Å²) in [6.45, 7) is 4.44. The fourth-order valence-corrected chi connectivity index (χ4v) is 15.2. The van der Waals surface area contributed by atoms with E-state index in [0.29, 0.717) is 26.5 Å². The van der Waals surface area contributed by atoms with Crippen LogP contribution in [0.4, 0.5) is 5.69 Å². The average Bonchev–Trinajstić information content (AvgIpc) is 4.26. The summed E-state index contributed by atoms with van der Waals surface area (Å²) < 4.78 is 3.11. The number of thiophene rings is 4. The van der Waals surface area contributed by atoms with E-state index in [1.807, 2.05) is 30.3 Å². The van der Waals surface area contributed by atoms with E-state index in [2.05, 4.69) is 43.4 Å². The molecule has 0 aliphatic carbocycles. The Morgan fingerprint density at radius 1 is 0.630 bits per heavy atom. The van der Waals surface area contributed by atoms with Crippen molar-refractivity contribution in [2.45, 2.75) is 95.2 Å². The largest absolute Gasteiger partial charge is 0.480 e. The summed E-state index contributed by atoms with van der Waals surface area (Å²) in [5.74, 6) is -2.36. The van der Waals surface area contributed by atoms with Gasteiger partial charge < -0.3 is 36.6 Å². The molecule has 73 heavy (non-hydrogen) atoms. The van der Waals surface area contributed by atoms with Crippen LogP contribution in [0.2, 0.25) is 0 Å². The number of nitrogens with one attached hydrogen (secondary N) is 4. The van der Waals surface area contributed by atoms with Crippen molar-refractivity contribution in [3.63, 3.8) is 0 Å². The standard InChI is InChI=1S/C27H29N3O5S2.C26H27N3O4S3/c31-21(22-14-16-13-17(36-27(16)37-22)6-5-15-9-11-28-12-10-15)8-7-20(26(34)35)30-25(33)23-24(32)18-3-1-2-4-19(18)29-23;30-20(22-14-16-13-17(34-26(16)36-22)6-5-15-9-11-27-12-10-15)8-7-19(25(32)33)28-23(31)24-29-18-3-1-2-4-21(18)35-24/h1-4,13-15,20,24,28,32H,5-12H2,(H,30,33)(H,34,35);1-4,13-15,19,27H,5-12H2,(H,28,31)(H,32,33)/t20-,24?;19-/m00/s1. The van der Waals surface area contributed by atoms with Crippen LogP contribution in [0.25, 0.3) is 29.0 Å². The highest BCUT2D eigenvalue weighted by Crippen LogP contribution is 2.38. The minimum absolute atomic E-state index is 0.0111. The second-order valence-corrected chi connectivity index (χ2v) is 24.6. The van der Waals surface area contributed by atoms with Gasteiger partial charge in [0, 0.05) is 38.9 Å². The van der Waals surface area contributed by atoms with Gasteiger partial charge in [0.05, 0.1) is 33.7 Å². The SMILES string of the molecule is O=C(CC[C@H](NC(=O)c1nc2ccccc2s1)C(=O)O)c1cc2cc(CCC3CCNCC3)sc2s1.O=C(N[C@@H](CCC(=O)c1cc2cc(CCC3CCNCC3)sc2s1)C(=O)O)C1=Nc2ccccc2C1O. The molecule has 2 amide bonds. The van der Waals surface area contributed by atoms with Crippen LogP contribution in [0.15, 0.2) is 77.8 Å². The number of aliphatic imine (C=N–C) groups is 1. The highest BCUT2D eigenvalue weighted by molar-refractivity contribution is 7.39. The van der Waals surface area contributed by atoms with Gasteiger partial charge in [-0.3, -0.25) is 19.2 Å². The Labute approximate surface area is 441 Å². The number of nitrogens with zero attached hydrogens (tertiary/aromatic N) is 2. The Morgan fingerprint density at radius 2 is 1.14 bits per heavy atom. The molecule has 382 valence electrons. The van der Waals surface area contributed by atoms with Crippen LogP contribution in [0.1, 0.15) is 115 Å². The summed E-state index contributed by atoms with van der Waals surface area (Å²) in [4.78, 5) is 86.8. The molecule has 3 atom stereocenters. The maximum Gasteiger partial charge on any atom is 0.326 e.